The molecule has 1 aromatic carbocycles. The minimum absolute atomic E-state index is 0.0429. The zero-order valence-corrected chi connectivity index (χ0v) is 14.8. The molecular formula is C19H19NO3S. The summed E-state index contributed by atoms with van der Waals surface area (Å²) in [5.74, 6) is -0.0987. The van der Waals surface area contributed by atoms with E-state index in [0.29, 0.717) is 22.1 Å². The first kappa shape index (κ1) is 16.6. The maximum Gasteiger partial charge on any atom is 0.337 e. The number of aryl methyl sites for hydroxylation is 1. The van der Waals surface area contributed by atoms with Crippen LogP contribution in [0, 0.1) is 0 Å². The standard InChI is InChI=1S/C19H19NO3S/c1-11(2)16-10-24-18(20-16)17(21)15-6-4-5-12-9-13(19(22)23-3)7-8-14(12)15/h6-11H,4-5H2,1-3H3. The molecule has 0 amide bonds. The van der Waals surface area contributed by atoms with E-state index in [1.807, 2.05) is 23.6 Å². The Morgan fingerprint density at radius 2 is 2.08 bits per heavy atom. The molecule has 0 saturated heterocycles. The minimum Gasteiger partial charge on any atom is -0.465 e. The molecule has 0 radical (unpaired) electrons. The molecule has 1 aromatic heterocycles. The number of methoxy groups -OCH3 is 1. The third-order valence-corrected chi connectivity index (χ3v) is 4.99. The molecule has 1 aliphatic rings. The number of allylic oxidation sites excluding steroid dienone is 2. The van der Waals surface area contributed by atoms with Gasteiger partial charge in [0.15, 0.2) is 5.01 Å². The number of carbonyl (C=O) groups excluding carboxylic acids is 2. The van der Waals surface area contributed by atoms with Crippen LogP contribution in [0.25, 0.3) is 5.57 Å². The summed E-state index contributed by atoms with van der Waals surface area (Å²) < 4.78 is 4.77. The molecule has 2 aromatic rings. The van der Waals surface area contributed by atoms with Crippen LogP contribution in [0.5, 0.6) is 0 Å². The van der Waals surface area contributed by atoms with Crippen LogP contribution in [-0.2, 0) is 11.2 Å². The number of hydrogen-bond acceptors (Lipinski definition) is 5. The molecule has 1 aliphatic carbocycles. The number of ether oxygens (including phenoxy) is 1. The fourth-order valence-electron chi connectivity index (χ4n) is 2.78. The summed E-state index contributed by atoms with van der Waals surface area (Å²) in [5.41, 5.74) is 4.03. The van der Waals surface area contributed by atoms with Gasteiger partial charge in [-0.1, -0.05) is 26.0 Å². The lowest BCUT2D eigenvalue weighted by Crippen LogP contribution is -2.11. The molecule has 0 bridgehead atoms. The van der Waals surface area contributed by atoms with Crippen molar-refractivity contribution in [3.05, 3.63) is 57.0 Å². The number of benzene rings is 1. The van der Waals surface area contributed by atoms with Gasteiger partial charge in [-0.25, -0.2) is 9.78 Å². The lowest BCUT2D eigenvalue weighted by molar-refractivity contribution is 0.0600. The normalized spacial score (nSPS) is 13.4. The monoisotopic (exact) mass is 341 g/mol. The van der Waals surface area contributed by atoms with Crippen molar-refractivity contribution in [3.8, 4) is 0 Å². The van der Waals surface area contributed by atoms with Crippen molar-refractivity contribution >= 4 is 28.7 Å². The summed E-state index contributed by atoms with van der Waals surface area (Å²) >= 11 is 1.39. The molecule has 24 heavy (non-hydrogen) atoms. The predicted molar refractivity (Wildman–Crippen MR) is 94.6 cm³/mol. The summed E-state index contributed by atoms with van der Waals surface area (Å²) in [6.07, 6.45) is 3.56. The summed E-state index contributed by atoms with van der Waals surface area (Å²) in [4.78, 5) is 29.0. The second-order valence-corrected chi connectivity index (χ2v) is 6.94. The van der Waals surface area contributed by atoms with Gasteiger partial charge in [-0.15, -0.1) is 11.3 Å². The van der Waals surface area contributed by atoms with Crippen LogP contribution in [0.1, 0.15) is 63.2 Å². The highest BCUT2D eigenvalue weighted by Crippen LogP contribution is 2.31. The Kier molecular flexibility index (Phi) is 4.62. The van der Waals surface area contributed by atoms with E-state index < -0.39 is 0 Å². The molecule has 0 fully saturated rings. The van der Waals surface area contributed by atoms with Gasteiger partial charge in [-0.3, -0.25) is 4.79 Å². The molecule has 124 valence electrons. The zero-order chi connectivity index (χ0) is 17.3. The van der Waals surface area contributed by atoms with Crippen LogP contribution >= 0.6 is 11.3 Å². The lowest BCUT2D eigenvalue weighted by Gasteiger charge is -2.17. The zero-order valence-electron chi connectivity index (χ0n) is 14.0. The van der Waals surface area contributed by atoms with Gasteiger partial charge in [0.1, 0.15) is 0 Å². The maximum absolute atomic E-state index is 12.9. The molecule has 5 heteroatoms. The van der Waals surface area contributed by atoms with Crippen molar-refractivity contribution in [3.63, 3.8) is 0 Å². The van der Waals surface area contributed by atoms with Crippen LogP contribution in [0.2, 0.25) is 0 Å². The molecule has 0 unspecified atom stereocenters. The van der Waals surface area contributed by atoms with E-state index in [2.05, 4.69) is 18.8 Å². The Labute approximate surface area is 145 Å². The van der Waals surface area contributed by atoms with Crippen molar-refractivity contribution in [2.45, 2.75) is 32.6 Å². The quantitative estimate of drug-likeness (QED) is 0.616. The molecular weight excluding hydrogens is 322 g/mol. The number of nitrogens with zero attached hydrogens (tertiary/aromatic N) is 1. The number of hydrogen-bond donors (Lipinski definition) is 0. The summed E-state index contributed by atoms with van der Waals surface area (Å²) in [7, 11) is 1.37. The van der Waals surface area contributed by atoms with Crippen molar-refractivity contribution in [2.75, 3.05) is 7.11 Å². The van der Waals surface area contributed by atoms with Gasteiger partial charge >= 0.3 is 5.97 Å². The number of carbonyl (C=O) groups is 2. The average molecular weight is 341 g/mol. The number of aromatic nitrogens is 1. The third kappa shape index (κ3) is 3.04. The Morgan fingerprint density at radius 1 is 1.29 bits per heavy atom. The second-order valence-electron chi connectivity index (χ2n) is 6.08. The average Bonchev–Trinajstić information content (AvgIpc) is 3.09. The SMILES string of the molecule is COC(=O)c1ccc2c(c1)CCC=C2C(=O)c1nc(C(C)C)cs1. The number of thiazole rings is 1. The molecule has 0 aliphatic heterocycles. The van der Waals surface area contributed by atoms with E-state index in [1.54, 1.807) is 6.07 Å². The van der Waals surface area contributed by atoms with Crippen molar-refractivity contribution < 1.29 is 14.3 Å². The summed E-state index contributed by atoms with van der Waals surface area (Å²) in [6.45, 7) is 4.12. The first-order valence-corrected chi connectivity index (χ1v) is 8.81. The summed E-state index contributed by atoms with van der Waals surface area (Å²) in [5, 5.41) is 2.47. The molecule has 3 rings (SSSR count). The molecule has 0 atom stereocenters. The van der Waals surface area contributed by atoms with Gasteiger partial charge in [-0.05, 0) is 42.0 Å². The first-order valence-electron chi connectivity index (χ1n) is 7.93. The van der Waals surface area contributed by atoms with Gasteiger partial charge in [0.05, 0.1) is 18.4 Å². The molecule has 1 heterocycles. The van der Waals surface area contributed by atoms with Gasteiger partial charge in [-0.2, -0.15) is 0 Å². The molecule has 0 saturated carbocycles. The highest BCUT2D eigenvalue weighted by Gasteiger charge is 2.23. The van der Waals surface area contributed by atoms with Crippen molar-refractivity contribution in [1.82, 2.24) is 4.98 Å². The Balaban J connectivity index is 1.94. The van der Waals surface area contributed by atoms with E-state index in [4.69, 9.17) is 4.74 Å². The maximum atomic E-state index is 12.9. The first-order chi connectivity index (χ1) is 11.5. The van der Waals surface area contributed by atoms with Crippen LogP contribution < -0.4 is 0 Å². The summed E-state index contributed by atoms with van der Waals surface area (Å²) in [6, 6.07) is 5.36. The van der Waals surface area contributed by atoms with Gasteiger partial charge in [0, 0.05) is 11.0 Å². The lowest BCUT2D eigenvalue weighted by atomic mass is 9.87. The molecule has 4 nitrogen and oxygen atoms in total. The predicted octanol–water partition coefficient (Wildman–Crippen LogP) is 4.27. The fourth-order valence-corrected chi connectivity index (χ4v) is 3.71. The highest BCUT2D eigenvalue weighted by molar-refractivity contribution is 7.12. The van der Waals surface area contributed by atoms with Crippen LogP contribution in [0.3, 0.4) is 0 Å². The smallest absolute Gasteiger partial charge is 0.337 e. The third-order valence-electron chi connectivity index (χ3n) is 4.13. The van der Waals surface area contributed by atoms with Crippen LogP contribution in [0.4, 0.5) is 0 Å². The van der Waals surface area contributed by atoms with E-state index in [0.717, 1.165) is 29.7 Å². The number of fused-ring (bicyclic) bond motifs is 1. The van der Waals surface area contributed by atoms with Gasteiger partial charge < -0.3 is 4.74 Å². The van der Waals surface area contributed by atoms with Crippen molar-refractivity contribution in [1.29, 1.82) is 0 Å². The fraction of sp³-hybridized carbons (Fsp3) is 0.316. The Morgan fingerprint density at radius 3 is 2.75 bits per heavy atom. The number of esters is 1. The van der Waals surface area contributed by atoms with E-state index in [1.165, 1.54) is 18.4 Å². The van der Waals surface area contributed by atoms with Crippen LogP contribution in [0.15, 0.2) is 29.7 Å². The minimum atomic E-state index is -0.360. The number of rotatable bonds is 4. The van der Waals surface area contributed by atoms with Gasteiger partial charge in [0.2, 0.25) is 5.78 Å². The molecule has 0 N–H and O–H groups in total. The van der Waals surface area contributed by atoms with Crippen LogP contribution in [-0.4, -0.2) is 23.8 Å². The van der Waals surface area contributed by atoms with Gasteiger partial charge in [0.25, 0.3) is 0 Å². The largest absolute Gasteiger partial charge is 0.465 e. The second kappa shape index (κ2) is 6.69. The molecule has 0 spiro atoms. The van der Waals surface area contributed by atoms with Crippen molar-refractivity contribution in [2.24, 2.45) is 0 Å². The van der Waals surface area contributed by atoms with E-state index >= 15 is 0 Å². The van der Waals surface area contributed by atoms with E-state index in [-0.39, 0.29) is 11.8 Å². The highest BCUT2D eigenvalue weighted by atomic mass is 32.1. The van der Waals surface area contributed by atoms with E-state index in [9.17, 15) is 9.59 Å². The number of Topliss-reactive ketones (excluding diaryl/α,β-unsaturated/α-hetero) is 1. The Bertz CT molecular complexity index is 833. The topological polar surface area (TPSA) is 56.3 Å². The Hall–Kier alpha value is -2.27. The number of ketones is 1.